The summed E-state index contributed by atoms with van der Waals surface area (Å²) in [6.45, 7) is 2.20. The maximum atomic E-state index is 10.9. The summed E-state index contributed by atoms with van der Waals surface area (Å²) in [4.78, 5) is 10.9. The molecule has 1 aliphatic rings. The lowest BCUT2D eigenvalue weighted by Gasteiger charge is -1.97. The van der Waals surface area contributed by atoms with Gasteiger partial charge in [-0.2, -0.15) is 5.10 Å². The van der Waals surface area contributed by atoms with Crippen molar-refractivity contribution in [2.75, 3.05) is 0 Å². The Morgan fingerprint density at radius 2 is 2.39 bits per heavy atom. The van der Waals surface area contributed by atoms with Crippen LogP contribution < -0.4 is 0 Å². The summed E-state index contributed by atoms with van der Waals surface area (Å²) in [6.07, 6.45) is 4.35. The number of furan rings is 1. The number of aromatic nitrogens is 2. The lowest BCUT2D eigenvalue weighted by atomic mass is 10.2. The third-order valence-corrected chi connectivity index (χ3v) is 3.14. The molecular weight excluding hydrogens is 232 g/mol. The number of nitrogens with zero attached hydrogens (tertiary/aromatic N) is 2. The Bertz CT molecular complexity index is 593. The van der Waals surface area contributed by atoms with Gasteiger partial charge in [0.1, 0.15) is 5.76 Å². The molecule has 1 N–H and O–H groups in total. The predicted octanol–water partition coefficient (Wildman–Crippen LogP) is 2.41. The van der Waals surface area contributed by atoms with Gasteiger partial charge in [0, 0.05) is 17.7 Å². The average Bonchev–Trinajstić information content (AvgIpc) is 2.95. The van der Waals surface area contributed by atoms with Gasteiger partial charge in [-0.3, -0.25) is 4.68 Å². The maximum absolute atomic E-state index is 10.9. The van der Waals surface area contributed by atoms with E-state index in [4.69, 9.17) is 9.52 Å². The molecule has 0 spiro atoms. The normalized spacial score (nSPS) is 14.9. The Morgan fingerprint density at radius 3 is 3.00 bits per heavy atom. The van der Waals surface area contributed by atoms with E-state index in [1.807, 2.05) is 12.3 Å². The molecule has 0 amide bonds. The highest BCUT2D eigenvalue weighted by Crippen LogP contribution is 2.38. The summed E-state index contributed by atoms with van der Waals surface area (Å²) in [5.74, 6) is 0.229. The van der Waals surface area contributed by atoms with Crippen LogP contribution in [-0.2, 0) is 6.54 Å². The highest BCUT2D eigenvalue weighted by Gasteiger charge is 2.25. The Kier molecular flexibility index (Phi) is 2.47. The molecule has 5 heteroatoms. The van der Waals surface area contributed by atoms with Gasteiger partial charge in [0.25, 0.3) is 0 Å². The quantitative estimate of drug-likeness (QED) is 0.899. The zero-order valence-electron chi connectivity index (χ0n) is 10.1. The third kappa shape index (κ3) is 2.03. The van der Waals surface area contributed by atoms with Crippen molar-refractivity contribution in [3.8, 4) is 0 Å². The molecule has 1 fully saturated rings. The van der Waals surface area contributed by atoms with Crippen molar-refractivity contribution < 1.29 is 14.3 Å². The fraction of sp³-hybridized carbons (Fsp3) is 0.385. The molecule has 0 aromatic carbocycles. The number of aryl methyl sites for hydroxylation is 1. The second-order valence-corrected chi connectivity index (χ2v) is 4.74. The molecule has 94 valence electrons. The lowest BCUT2D eigenvalue weighted by Crippen LogP contribution is -2.00. The van der Waals surface area contributed by atoms with Gasteiger partial charge < -0.3 is 9.52 Å². The van der Waals surface area contributed by atoms with Gasteiger partial charge in [0.2, 0.25) is 5.76 Å². The van der Waals surface area contributed by atoms with Crippen molar-refractivity contribution in [3.63, 3.8) is 0 Å². The van der Waals surface area contributed by atoms with Crippen LogP contribution in [0.2, 0.25) is 0 Å². The van der Waals surface area contributed by atoms with E-state index < -0.39 is 5.97 Å². The SMILES string of the molecule is Cc1cc(Cn2ccc(C3CC3)n2)oc1C(=O)O. The summed E-state index contributed by atoms with van der Waals surface area (Å²) < 4.78 is 7.09. The second-order valence-electron chi connectivity index (χ2n) is 4.74. The molecule has 0 bridgehead atoms. The minimum Gasteiger partial charge on any atom is -0.475 e. The molecule has 18 heavy (non-hydrogen) atoms. The van der Waals surface area contributed by atoms with Crippen LogP contribution in [0.3, 0.4) is 0 Å². The summed E-state index contributed by atoms with van der Waals surface area (Å²) in [5, 5.41) is 13.4. The molecule has 0 atom stereocenters. The lowest BCUT2D eigenvalue weighted by molar-refractivity contribution is 0.0659. The van der Waals surface area contributed by atoms with Crippen molar-refractivity contribution in [2.45, 2.75) is 32.2 Å². The molecule has 0 saturated heterocycles. The minimum absolute atomic E-state index is 0.0135. The first-order chi connectivity index (χ1) is 8.63. The van der Waals surface area contributed by atoms with E-state index in [1.54, 1.807) is 17.7 Å². The van der Waals surface area contributed by atoms with Crippen molar-refractivity contribution in [3.05, 3.63) is 41.1 Å². The molecule has 3 rings (SSSR count). The molecule has 1 saturated carbocycles. The van der Waals surface area contributed by atoms with Gasteiger partial charge in [-0.05, 0) is 31.9 Å². The fourth-order valence-corrected chi connectivity index (χ4v) is 2.06. The zero-order valence-corrected chi connectivity index (χ0v) is 10.1. The summed E-state index contributed by atoms with van der Waals surface area (Å²) in [7, 11) is 0. The monoisotopic (exact) mass is 246 g/mol. The maximum Gasteiger partial charge on any atom is 0.372 e. The number of hydrogen-bond acceptors (Lipinski definition) is 3. The van der Waals surface area contributed by atoms with Crippen LogP contribution in [0, 0.1) is 6.92 Å². The van der Waals surface area contributed by atoms with Crippen molar-refractivity contribution in [1.29, 1.82) is 0 Å². The van der Waals surface area contributed by atoms with Gasteiger partial charge in [-0.1, -0.05) is 0 Å². The van der Waals surface area contributed by atoms with E-state index in [0.717, 1.165) is 5.69 Å². The number of rotatable bonds is 4. The molecule has 0 unspecified atom stereocenters. The van der Waals surface area contributed by atoms with E-state index in [-0.39, 0.29) is 5.76 Å². The van der Waals surface area contributed by atoms with Crippen LogP contribution in [0.5, 0.6) is 0 Å². The van der Waals surface area contributed by atoms with E-state index in [1.165, 1.54) is 12.8 Å². The molecular formula is C13H14N2O3. The van der Waals surface area contributed by atoms with Crippen molar-refractivity contribution >= 4 is 5.97 Å². The van der Waals surface area contributed by atoms with Crippen LogP contribution in [0.4, 0.5) is 0 Å². The third-order valence-electron chi connectivity index (χ3n) is 3.14. The number of hydrogen-bond donors (Lipinski definition) is 1. The molecule has 5 nitrogen and oxygen atoms in total. The van der Waals surface area contributed by atoms with E-state index in [0.29, 0.717) is 23.8 Å². The van der Waals surface area contributed by atoms with Crippen LogP contribution in [0.1, 0.15) is 46.3 Å². The molecule has 1 aliphatic carbocycles. The summed E-state index contributed by atoms with van der Waals surface area (Å²) in [5.41, 5.74) is 1.77. The summed E-state index contributed by atoms with van der Waals surface area (Å²) in [6, 6.07) is 3.77. The Labute approximate surface area is 104 Å². The van der Waals surface area contributed by atoms with Crippen molar-refractivity contribution in [2.24, 2.45) is 0 Å². The van der Waals surface area contributed by atoms with Gasteiger partial charge in [-0.25, -0.2) is 4.79 Å². The molecule has 2 aromatic heterocycles. The first kappa shape index (κ1) is 11.1. The standard InChI is InChI=1S/C13H14N2O3/c1-8-6-10(18-12(8)13(16)17)7-15-5-4-11(14-15)9-2-3-9/h4-6,9H,2-3,7H2,1H3,(H,16,17). The number of aromatic carboxylic acids is 1. The average molecular weight is 246 g/mol. The van der Waals surface area contributed by atoms with Gasteiger partial charge in [0.05, 0.1) is 12.2 Å². The smallest absolute Gasteiger partial charge is 0.372 e. The molecule has 2 heterocycles. The molecule has 2 aromatic rings. The second kappa shape index (κ2) is 4.01. The Morgan fingerprint density at radius 1 is 1.61 bits per heavy atom. The van der Waals surface area contributed by atoms with Crippen LogP contribution in [-0.4, -0.2) is 20.9 Å². The van der Waals surface area contributed by atoms with Crippen LogP contribution >= 0.6 is 0 Å². The van der Waals surface area contributed by atoms with E-state index in [2.05, 4.69) is 5.10 Å². The largest absolute Gasteiger partial charge is 0.475 e. The van der Waals surface area contributed by atoms with Gasteiger partial charge >= 0.3 is 5.97 Å². The first-order valence-corrected chi connectivity index (χ1v) is 5.99. The highest BCUT2D eigenvalue weighted by atomic mass is 16.4. The first-order valence-electron chi connectivity index (χ1n) is 5.99. The van der Waals surface area contributed by atoms with Gasteiger partial charge in [-0.15, -0.1) is 0 Å². The molecule has 0 radical (unpaired) electrons. The highest BCUT2D eigenvalue weighted by molar-refractivity contribution is 5.86. The number of carboxylic acids is 1. The van der Waals surface area contributed by atoms with Crippen molar-refractivity contribution in [1.82, 2.24) is 9.78 Å². The minimum atomic E-state index is -1.03. The zero-order chi connectivity index (χ0) is 12.7. The topological polar surface area (TPSA) is 68.3 Å². The number of carbonyl (C=O) groups is 1. The Hall–Kier alpha value is -2.04. The van der Waals surface area contributed by atoms with E-state index >= 15 is 0 Å². The van der Waals surface area contributed by atoms with E-state index in [9.17, 15) is 4.79 Å². The van der Waals surface area contributed by atoms with Gasteiger partial charge in [0.15, 0.2) is 0 Å². The van der Waals surface area contributed by atoms with Crippen LogP contribution in [0.15, 0.2) is 22.7 Å². The Balaban J connectivity index is 1.78. The predicted molar refractivity (Wildman–Crippen MR) is 63.7 cm³/mol. The number of carboxylic acid groups (broad SMARTS) is 1. The summed E-state index contributed by atoms with van der Waals surface area (Å²) >= 11 is 0. The fourth-order valence-electron chi connectivity index (χ4n) is 2.06. The van der Waals surface area contributed by atoms with Crippen LogP contribution in [0.25, 0.3) is 0 Å². The molecule has 0 aliphatic heterocycles.